The second-order valence-corrected chi connectivity index (χ2v) is 4.37. The molecule has 0 spiro atoms. The summed E-state index contributed by atoms with van der Waals surface area (Å²) in [7, 11) is 0. The van der Waals surface area contributed by atoms with Gasteiger partial charge in [-0.3, -0.25) is 4.57 Å². The number of imidazole rings is 1. The minimum absolute atomic E-state index is 0.246. The zero-order valence-electron chi connectivity index (χ0n) is 10.2. The molecule has 19 heavy (non-hydrogen) atoms. The van der Waals surface area contributed by atoms with Gasteiger partial charge in [0.15, 0.2) is 0 Å². The fourth-order valence-electron chi connectivity index (χ4n) is 2.19. The lowest BCUT2D eigenvalue weighted by atomic mass is 10.2. The third kappa shape index (κ3) is 1.83. The highest BCUT2D eigenvalue weighted by molar-refractivity contribution is 5.81. The van der Waals surface area contributed by atoms with Crippen molar-refractivity contribution in [3.05, 3.63) is 53.6 Å². The van der Waals surface area contributed by atoms with E-state index in [1.54, 1.807) is 23.6 Å². The van der Waals surface area contributed by atoms with Crippen LogP contribution in [0.4, 0.5) is 14.7 Å². The van der Waals surface area contributed by atoms with Crippen molar-refractivity contribution >= 4 is 17.0 Å². The first-order chi connectivity index (χ1) is 9.06. The van der Waals surface area contributed by atoms with Crippen LogP contribution in [0, 0.1) is 18.6 Å². The average Bonchev–Trinajstić information content (AvgIpc) is 2.65. The number of aryl methyl sites for hydroxylation is 1. The maximum atomic E-state index is 13.2. The van der Waals surface area contributed by atoms with Crippen molar-refractivity contribution in [2.24, 2.45) is 0 Å². The van der Waals surface area contributed by atoms with Crippen LogP contribution in [0.2, 0.25) is 0 Å². The second-order valence-electron chi connectivity index (χ2n) is 4.37. The van der Waals surface area contributed by atoms with Gasteiger partial charge in [0.05, 0.1) is 16.7 Å². The Morgan fingerprint density at radius 2 is 1.74 bits per heavy atom. The molecular formula is C14H11F2N3. The summed E-state index contributed by atoms with van der Waals surface area (Å²) < 4.78 is 28.0. The Balaban J connectivity index is 2.33. The second kappa shape index (κ2) is 4.05. The summed E-state index contributed by atoms with van der Waals surface area (Å²) >= 11 is 0. The normalized spacial score (nSPS) is 11.1. The first-order valence-corrected chi connectivity index (χ1v) is 5.76. The van der Waals surface area contributed by atoms with Crippen LogP contribution in [0.3, 0.4) is 0 Å². The van der Waals surface area contributed by atoms with Gasteiger partial charge in [-0.2, -0.15) is 0 Å². The van der Waals surface area contributed by atoms with Crippen LogP contribution < -0.4 is 5.73 Å². The van der Waals surface area contributed by atoms with Crippen LogP contribution in [0.1, 0.15) is 5.56 Å². The van der Waals surface area contributed by atoms with Gasteiger partial charge in [0.2, 0.25) is 5.95 Å². The van der Waals surface area contributed by atoms with E-state index < -0.39 is 0 Å². The number of nitrogen functional groups attached to an aromatic ring is 1. The Kier molecular flexibility index (Phi) is 2.48. The number of nitrogens with zero attached hydrogens (tertiary/aromatic N) is 2. The number of hydrogen-bond acceptors (Lipinski definition) is 2. The maximum absolute atomic E-state index is 13.2. The number of halogens is 2. The van der Waals surface area contributed by atoms with E-state index in [9.17, 15) is 8.78 Å². The Morgan fingerprint density at radius 3 is 2.47 bits per heavy atom. The van der Waals surface area contributed by atoms with E-state index in [-0.39, 0.29) is 17.6 Å². The molecule has 3 nitrogen and oxygen atoms in total. The summed E-state index contributed by atoms with van der Waals surface area (Å²) in [5.74, 6) is -0.432. The summed E-state index contributed by atoms with van der Waals surface area (Å²) in [5.41, 5.74) is 8.50. The predicted octanol–water partition coefficient (Wildman–Crippen LogP) is 3.19. The molecule has 0 fully saturated rings. The van der Waals surface area contributed by atoms with Gasteiger partial charge in [-0.25, -0.2) is 13.8 Å². The monoisotopic (exact) mass is 259 g/mol. The molecular weight excluding hydrogens is 248 g/mol. The van der Waals surface area contributed by atoms with E-state index in [2.05, 4.69) is 4.98 Å². The average molecular weight is 259 g/mol. The van der Waals surface area contributed by atoms with Crippen molar-refractivity contribution in [2.75, 3.05) is 5.73 Å². The molecule has 0 radical (unpaired) electrons. The van der Waals surface area contributed by atoms with E-state index >= 15 is 0 Å². The van der Waals surface area contributed by atoms with E-state index in [1.807, 2.05) is 0 Å². The Bertz CT molecular complexity index is 778. The van der Waals surface area contributed by atoms with Crippen LogP contribution in [-0.4, -0.2) is 9.55 Å². The topological polar surface area (TPSA) is 43.8 Å². The predicted molar refractivity (Wildman–Crippen MR) is 70.1 cm³/mol. The van der Waals surface area contributed by atoms with Gasteiger partial charge in [0.25, 0.3) is 0 Å². The minimum atomic E-state index is -0.368. The van der Waals surface area contributed by atoms with E-state index in [0.29, 0.717) is 11.0 Å². The number of anilines is 1. The molecule has 0 unspecified atom stereocenters. The van der Waals surface area contributed by atoms with Crippen LogP contribution in [-0.2, 0) is 0 Å². The number of fused-ring (bicyclic) bond motifs is 1. The number of nitrogens with two attached hydrogens (primary N) is 1. The molecule has 0 aliphatic rings. The van der Waals surface area contributed by atoms with E-state index in [1.165, 1.54) is 24.3 Å². The van der Waals surface area contributed by atoms with Crippen LogP contribution in [0.15, 0.2) is 36.4 Å². The molecule has 0 amide bonds. The Morgan fingerprint density at radius 1 is 1.05 bits per heavy atom. The third-order valence-corrected chi connectivity index (χ3v) is 3.04. The first kappa shape index (κ1) is 11.6. The van der Waals surface area contributed by atoms with Gasteiger partial charge in [-0.05, 0) is 42.8 Å². The fourth-order valence-corrected chi connectivity index (χ4v) is 2.19. The molecule has 1 heterocycles. The standard InChI is InChI=1S/C14H11F2N3/c1-8-6-9(15)2-4-12(8)19-13-5-3-10(16)7-11(13)18-14(19)17/h2-7H,1H3,(H2,17,18). The van der Waals surface area contributed by atoms with Gasteiger partial charge in [-0.15, -0.1) is 0 Å². The van der Waals surface area contributed by atoms with Gasteiger partial charge < -0.3 is 5.73 Å². The van der Waals surface area contributed by atoms with Crippen LogP contribution in [0.5, 0.6) is 0 Å². The quantitative estimate of drug-likeness (QED) is 0.729. The van der Waals surface area contributed by atoms with Crippen molar-refractivity contribution in [3.8, 4) is 5.69 Å². The number of rotatable bonds is 1. The lowest BCUT2D eigenvalue weighted by Crippen LogP contribution is -2.02. The molecule has 0 bridgehead atoms. The summed E-state index contributed by atoms with van der Waals surface area (Å²) in [6.07, 6.45) is 0. The molecule has 1 aromatic heterocycles. The summed E-state index contributed by atoms with van der Waals surface area (Å²) in [5, 5.41) is 0. The van der Waals surface area contributed by atoms with Crippen molar-refractivity contribution in [2.45, 2.75) is 6.92 Å². The van der Waals surface area contributed by atoms with E-state index in [0.717, 1.165) is 11.3 Å². The lowest BCUT2D eigenvalue weighted by Gasteiger charge is -2.09. The van der Waals surface area contributed by atoms with Crippen LogP contribution >= 0.6 is 0 Å². The lowest BCUT2D eigenvalue weighted by molar-refractivity contribution is 0.626. The Hall–Kier alpha value is -2.43. The van der Waals surface area contributed by atoms with E-state index in [4.69, 9.17) is 5.73 Å². The van der Waals surface area contributed by atoms with Crippen molar-refractivity contribution in [3.63, 3.8) is 0 Å². The molecule has 0 atom stereocenters. The summed E-state index contributed by atoms with van der Waals surface area (Å²) in [6, 6.07) is 8.68. The molecule has 0 saturated heterocycles. The third-order valence-electron chi connectivity index (χ3n) is 3.04. The molecule has 3 rings (SSSR count). The van der Waals surface area contributed by atoms with Crippen molar-refractivity contribution in [1.82, 2.24) is 9.55 Å². The molecule has 0 saturated carbocycles. The molecule has 3 aromatic rings. The molecule has 0 aliphatic carbocycles. The van der Waals surface area contributed by atoms with Crippen LogP contribution in [0.25, 0.3) is 16.7 Å². The highest BCUT2D eigenvalue weighted by Crippen LogP contribution is 2.25. The minimum Gasteiger partial charge on any atom is -0.369 e. The maximum Gasteiger partial charge on any atom is 0.205 e. The van der Waals surface area contributed by atoms with Gasteiger partial charge in [-0.1, -0.05) is 0 Å². The number of aromatic nitrogens is 2. The van der Waals surface area contributed by atoms with Gasteiger partial charge in [0.1, 0.15) is 11.6 Å². The first-order valence-electron chi connectivity index (χ1n) is 5.76. The van der Waals surface area contributed by atoms with Crippen molar-refractivity contribution < 1.29 is 8.78 Å². The largest absolute Gasteiger partial charge is 0.369 e. The van der Waals surface area contributed by atoms with Gasteiger partial charge >= 0.3 is 0 Å². The van der Waals surface area contributed by atoms with Crippen molar-refractivity contribution in [1.29, 1.82) is 0 Å². The molecule has 96 valence electrons. The van der Waals surface area contributed by atoms with Gasteiger partial charge in [0, 0.05) is 6.07 Å². The molecule has 0 aliphatic heterocycles. The SMILES string of the molecule is Cc1cc(F)ccc1-n1c(N)nc2cc(F)ccc21. The summed E-state index contributed by atoms with van der Waals surface area (Å²) in [6.45, 7) is 1.78. The molecule has 2 N–H and O–H groups in total. The molecule has 5 heteroatoms. The Labute approximate surface area is 108 Å². The molecule has 2 aromatic carbocycles. The highest BCUT2D eigenvalue weighted by Gasteiger charge is 2.12. The zero-order chi connectivity index (χ0) is 13.6. The fraction of sp³-hybridized carbons (Fsp3) is 0.0714. The highest BCUT2D eigenvalue weighted by atomic mass is 19.1. The zero-order valence-corrected chi connectivity index (χ0v) is 10.2. The number of benzene rings is 2. The summed E-state index contributed by atoms with van der Waals surface area (Å²) in [4.78, 5) is 4.12. The number of hydrogen-bond donors (Lipinski definition) is 1. The smallest absolute Gasteiger partial charge is 0.205 e.